The predicted octanol–water partition coefficient (Wildman–Crippen LogP) is 3.84. The SMILES string of the molecule is N#Cc1ccc(NC(=O)C2CCN(C(=O)c3cccc(F)c3)CC2)cc1Cl. The van der Waals surface area contributed by atoms with Gasteiger partial charge in [-0.05, 0) is 49.2 Å². The lowest BCUT2D eigenvalue weighted by atomic mass is 9.95. The summed E-state index contributed by atoms with van der Waals surface area (Å²) in [4.78, 5) is 26.5. The lowest BCUT2D eigenvalue weighted by Gasteiger charge is -2.31. The minimum atomic E-state index is -0.448. The molecule has 0 aromatic heterocycles. The number of carbonyl (C=O) groups excluding carboxylic acids is 2. The largest absolute Gasteiger partial charge is 0.339 e. The first-order valence-corrected chi connectivity index (χ1v) is 8.91. The van der Waals surface area contributed by atoms with E-state index >= 15 is 0 Å². The van der Waals surface area contributed by atoms with Crippen molar-refractivity contribution in [2.45, 2.75) is 12.8 Å². The van der Waals surface area contributed by atoms with E-state index in [0.29, 0.717) is 42.7 Å². The number of piperidine rings is 1. The van der Waals surface area contributed by atoms with Gasteiger partial charge in [0, 0.05) is 30.3 Å². The van der Waals surface area contributed by atoms with E-state index in [4.69, 9.17) is 16.9 Å². The standard InChI is InChI=1S/C20H17ClFN3O2/c21-18-11-17(5-4-15(18)12-23)24-19(26)13-6-8-25(9-7-13)20(27)14-2-1-3-16(22)10-14/h1-5,10-11,13H,6-9H2,(H,24,26). The molecule has 3 rings (SSSR count). The highest BCUT2D eigenvalue weighted by atomic mass is 35.5. The Hall–Kier alpha value is -2.91. The molecule has 27 heavy (non-hydrogen) atoms. The maximum absolute atomic E-state index is 13.3. The minimum absolute atomic E-state index is 0.145. The molecule has 1 fully saturated rings. The van der Waals surface area contributed by atoms with Crippen molar-refractivity contribution < 1.29 is 14.0 Å². The number of likely N-dealkylation sites (tertiary alicyclic amines) is 1. The van der Waals surface area contributed by atoms with E-state index in [0.717, 1.165) is 0 Å². The van der Waals surface area contributed by atoms with Gasteiger partial charge in [0.2, 0.25) is 5.91 Å². The fourth-order valence-electron chi connectivity index (χ4n) is 3.08. The van der Waals surface area contributed by atoms with Crippen LogP contribution in [0.25, 0.3) is 0 Å². The average Bonchev–Trinajstić information content (AvgIpc) is 2.67. The number of nitriles is 1. The zero-order chi connectivity index (χ0) is 19.4. The summed E-state index contributed by atoms with van der Waals surface area (Å²) < 4.78 is 13.3. The number of benzene rings is 2. The molecule has 0 unspecified atom stereocenters. The molecular formula is C20H17ClFN3O2. The number of halogens is 2. The van der Waals surface area contributed by atoms with Gasteiger partial charge in [-0.2, -0.15) is 5.26 Å². The number of nitrogens with zero attached hydrogens (tertiary/aromatic N) is 2. The molecule has 0 radical (unpaired) electrons. The molecule has 2 amide bonds. The molecule has 7 heteroatoms. The van der Waals surface area contributed by atoms with Crippen LogP contribution in [0.3, 0.4) is 0 Å². The van der Waals surface area contributed by atoms with E-state index < -0.39 is 5.82 Å². The lowest BCUT2D eigenvalue weighted by Crippen LogP contribution is -2.41. The fourth-order valence-corrected chi connectivity index (χ4v) is 3.30. The van der Waals surface area contributed by atoms with Gasteiger partial charge < -0.3 is 10.2 Å². The Morgan fingerprint density at radius 3 is 2.56 bits per heavy atom. The van der Waals surface area contributed by atoms with Gasteiger partial charge in [-0.25, -0.2) is 4.39 Å². The third-order valence-corrected chi connectivity index (χ3v) is 4.89. The van der Waals surface area contributed by atoms with Crippen LogP contribution in [-0.2, 0) is 4.79 Å². The average molecular weight is 386 g/mol. The van der Waals surface area contributed by atoms with Gasteiger partial charge in [-0.1, -0.05) is 17.7 Å². The van der Waals surface area contributed by atoms with Gasteiger partial charge >= 0.3 is 0 Å². The normalized spacial score (nSPS) is 14.5. The number of hydrogen-bond donors (Lipinski definition) is 1. The van der Waals surface area contributed by atoms with Gasteiger partial charge in [-0.15, -0.1) is 0 Å². The van der Waals surface area contributed by atoms with Crippen molar-refractivity contribution in [2.75, 3.05) is 18.4 Å². The molecule has 0 atom stereocenters. The van der Waals surface area contributed by atoms with E-state index in [-0.39, 0.29) is 22.8 Å². The summed E-state index contributed by atoms with van der Waals surface area (Å²) in [6.07, 6.45) is 1.05. The number of hydrogen-bond acceptors (Lipinski definition) is 3. The second-order valence-electron chi connectivity index (χ2n) is 6.37. The predicted molar refractivity (Wildman–Crippen MR) is 99.8 cm³/mol. The Morgan fingerprint density at radius 2 is 1.93 bits per heavy atom. The summed E-state index contributed by atoms with van der Waals surface area (Å²) >= 11 is 5.98. The molecule has 2 aromatic carbocycles. The highest BCUT2D eigenvalue weighted by molar-refractivity contribution is 6.32. The smallest absolute Gasteiger partial charge is 0.253 e. The second-order valence-corrected chi connectivity index (χ2v) is 6.78. The van der Waals surface area contributed by atoms with Crippen molar-refractivity contribution in [2.24, 2.45) is 5.92 Å². The number of rotatable bonds is 3. The molecular weight excluding hydrogens is 369 g/mol. The first-order valence-electron chi connectivity index (χ1n) is 8.53. The monoisotopic (exact) mass is 385 g/mol. The fraction of sp³-hybridized carbons (Fsp3) is 0.250. The van der Waals surface area contributed by atoms with Gasteiger partial charge in [0.1, 0.15) is 11.9 Å². The molecule has 138 valence electrons. The summed E-state index contributed by atoms with van der Waals surface area (Å²) in [5.74, 6) is -1.05. The summed E-state index contributed by atoms with van der Waals surface area (Å²) in [5.41, 5.74) is 1.19. The maximum Gasteiger partial charge on any atom is 0.253 e. The molecule has 2 aromatic rings. The number of anilines is 1. The van der Waals surface area contributed by atoms with Crippen LogP contribution >= 0.6 is 11.6 Å². The zero-order valence-corrected chi connectivity index (χ0v) is 15.2. The summed E-state index contributed by atoms with van der Waals surface area (Å²) in [5, 5.41) is 12.0. The Kier molecular flexibility index (Phi) is 5.72. The number of nitrogens with one attached hydrogen (secondary N) is 1. The van der Waals surface area contributed by atoms with Crippen LogP contribution in [0.5, 0.6) is 0 Å². The van der Waals surface area contributed by atoms with Gasteiger partial charge in [0.15, 0.2) is 0 Å². The molecule has 5 nitrogen and oxygen atoms in total. The third kappa shape index (κ3) is 4.44. The van der Waals surface area contributed by atoms with Crippen LogP contribution in [0.4, 0.5) is 10.1 Å². The third-order valence-electron chi connectivity index (χ3n) is 4.58. The Bertz CT molecular complexity index is 918. The second kappa shape index (κ2) is 8.19. The molecule has 1 aliphatic rings. The molecule has 1 saturated heterocycles. The minimum Gasteiger partial charge on any atom is -0.339 e. The maximum atomic E-state index is 13.3. The first-order chi connectivity index (χ1) is 13.0. The van der Waals surface area contributed by atoms with Crippen molar-refractivity contribution >= 4 is 29.1 Å². The van der Waals surface area contributed by atoms with Gasteiger partial charge in [0.05, 0.1) is 10.6 Å². The van der Waals surface area contributed by atoms with Crippen molar-refractivity contribution in [1.29, 1.82) is 5.26 Å². The summed E-state index contributed by atoms with van der Waals surface area (Å²) in [6, 6.07) is 12.3. The van der Waals surface area contributed by atoms with Crippen molar-refractivity contribution in [3.05, 3.63) is 64.4 Å². The van der Waals surface area contributed by atoms with Crippen LogP contribution in [0, 0.1) is 23.1 Å². The van der Waals surface area contributed by atoms with Crippen LogP contribution in [0.2, 0.25) is 5.02 Å². The Labute approximate surface area is 161 Å². The highest BCUT2D eigenvalue weighted by Gasteiger charge is 2.28. The van der Waals surface area contributed by atoms with Crippen molar-refractivity contribution in [1.82, 2.24) is 4.90 Å². The zero-order valence-electron chi connectivity index (χ0n) is 14.4. The molecule has 0 spiro atoms. The molecule has 0 bridgehead atoms. The molecule has 1 heterocycles. The van der Waals surface area contributed by atoms with Crippen LogP contribution in [-0.4, -0.2) is 29.8 Å². The van der Waals surface area contributed by atoms with Crippen molar-refractivity contribution in [3.63, 3.8) is 0 Å². The van der Waals surface area contributed by atoms with Crippen LogP contribution in [0.1, 0.15) is 28.8 Å². The Morgan fingerprint density at radius 1 is 1.19 bits per heavy atom. The molecule has 1 N–H and O–H groups in total. The molecule has 0 saturated carbocycles. The van der Waals surface area contributed by atoms with Crippen LogP contribution in [0.15, 0.2) is 42.5 Å². The summed E-state index contributed by atoms with van der Waals surface area (Å²) in [7, 11) is 0. The number of amides is 2. The van der Waals surface area contributed by atoms with Crippen LogP contribution < -0.4 is 5.32 Å². The molecule has 0 aliphatic carbocycles. The van der Waals surface area contributed by atoms with Gasteiger partial charge in [0.25, 0.3) is 5.91 Å². The van der Waals surface area contributed by atoms with Gasteiger partial charge in [-0.3, -0.25) is 9.59 Å². The lowest BCUT2D eigenvalue weighted by molar-refractivity contribution is -0.121. The van der Waals surface area contributed by atoms with E-state index in [1.54, 1.807) is 29.2 Å². The molecule has 1 aliphatic heterocycles. The number of carbonyl (C=O) groups is 2. The van der Waals surface area contributed by atoms with Crippen molar-refractivity contribution in [3.8, 4) is 6.07 Å². The van der Waals surface area contributed by atoms with E-state index in [1.165, 1.54) is 18.2 Å². The topological polar surface area (TPSA) is 73.2 Å². The Balaban J connectivity index is 1.57. The van der Waals surface area contributed by atoms with E-state index in [2.05, 4.69) is 5.32 Å². The highest BCUT2D eigenvalue weighted by Crippen LogP contribution is 2.24. The first kappa shape index (κ1) is 18.9. The summed E-state index contributed by atoms with van der Waals surface area (Å²) in [6.45, 7) is 0.864. The van der Waals surface area contributed by atoms with E-state index in [1.807, 2.05) is 6.07 Å². The van der Waals surface area contributed by atoms with E-state index in [9.17, 15) is 14.0 Å². The quantitative estimate of drug-likeness (QED) is 0.872.